The number of hydrogen-bond acceptors (Lipinski definition) is 5. The first-order valence-corrected chi connectivity index (χ1v) is 12.3. The molecule has 9 heteroatoms. The predicted molar refractivity (Wildman–Crippen MR) is 138 cm³/mol. The predicted octanol–water partition coefficient (Wildman–Crippen LogP) is 4.06. The lowest BCUT2D eigenvalue weighted by Gasteiger charge is -2.39. The molecule has 0 unspecified atom stereocenters. The van der Waals surface area contributed by atoms with E-state index in [9.17, 15) is 9.59 Å². The Kier molecular flexibility index (Phi) is 6.45. The standard InChI is InChI=1S/C27H27ClN6O2/c1-16-17(2)32-33(3)25(16)26(35)31-22-9-12-34(15-20(22)18-7-5-4-6-8-18)27(36)19-13-21(28)24-23(14-19)29-10-11-30-24/h4-8,10-11,13-14,20,22H,9,12,15H2,1-3H3,(H,31,35)/t20-,22-/m1/s1. The fraction of sp³-hybridized carbons (Fsp3) is 0.296. The smallest absolute Gasteiger partial charge is 0.270 e. The highest BCUT2D eigenvalue weighted by atomic mass is 35.5. The van der Waals surface area contributed by atoms with Gasteiger partial charge in [-0.3, -0.25) is 24.2 Å². The highest BCUT2D eigenvalue weighted by Crippen LogP contribution is 2.30. The van der Waals surface area contributed by atoms with E-state index in [4.69, 9.17) is 11.6 Å². The zero-order valence-corrected chi connectivity index (χ0v) is 21.2. The van der Waals surface area contributed by atoms with Crippen molar-refractivity contribution < 1.29 is 9.59 Å². The number of aryl methyl sites for hydroxylation is 2. The van der Waals surface area contributed by atoms with Crippen molar-refractivity contribution >= 4 is 34.4 Å². The highest BCUT2D eigenvalue weighted by Gasteiger charge is 2.35. The van der Waals surface area contributed by atoms with E-state index >= 15 is 0 Å². The summed E-state index contributed by atoms with van der Waals surface area (Å²) in [5.74, 6) is -0.340. The number of fused-ring (bicyclic) bond motifs is 1. The van der Waals surface area contributed by atoms with E-state index < -0.39 is 0 Å². The van der Waals surface area contributed by atoms with Gasteiger partial charge in [0.2, 0.25) is 0 Å². The third-order valence-electron chi connectivity index (χ3n) is 6.95. The lowest BCUT2D eigenvalue weighted by atomic mass is 9.85. The average Bonchev–Trinajstić information content (AvgIpc) is 3.15. The van der Waals surface area contributed by atoms with Gasteiger partial charge in [-0.1, -0.05) is 41.9 Å². The van der Waals surface area contributed by atoms with Crippen LogP contribution in [0.1, 0.15) is 50.0 Å². The van der Waals surface area contributed by atoms with Gasteiger partial charge in [-0.25, -0.2) is 0 Å². The first-order chi connectivity index (χ1) is 17.3. The Balaban J connectivity index is 1.41. The molecule has 4 aromatic rings. The first kappa shape index (κ1) is 23.9. The third-order valence-corrected chi connectivity index (χ3v) is 7.24. The zero-order chi connectivity index (χ0) is 25.4. The second-order valence-electron chi connectivity index (χ2n) is 9.20. The molecule has 2 aromatic heterocycles. The normalized spacial score (nSPS) is 17.8. The molecule has 1 fully saturated rings. The second kappa shape index (κ2) is 9.70. The molecule has 8 nitrogen and oxygen atoms in total. The van der Waals surface area contributed by atoms with E-state index in [-0.39, 0.29) is 23.8 Å². The van der Waals surface area contributed by atoms with Crippen LogP contribution in [0.25, 0.3) is 11.0 Å². The van der Waals surface area contributed by atoms with Crippen LogP contribution in [0, 0.1) is 13.8 Å². The molecule has 1 saturated heterocycles. The maximum atomic E-state index is 13.5. The molecular formula is C27H27ClN6O2. The molecule has 2 aromatic carbocycles. The Bertz CT molecular complexity index is 1450. The van der Waals surface area contributed by atoms with Gasteiger partial charge in [0.1, 0.15) is 11.2 Å². The number of nitrogens with zero attached hydrogens (tertiary/aromatic N) is 5. The van der Waals surface area contributed by atoms with Crippen molar-refractivity contribution in [3.05, 3.63) is 88.0 Å². The summed E-state index contributed by atoms with van der Waals surface area (Å²) < 4.78 is 1.63. The Morgan fingerprint density at radius 2 is 1.83 bits per heavy atom. The van der Waals surface area contributed by atoms with Gasteiger partial charge < -0.3 is 10.2 Å². The number of rotatable bonds is 4. The van der Waals surface area contributed by atoms with E-state index in [1.807, 2.05) is 49.1 Å². The van der Waals surface area contributed by atoms with Gasteiger partial charge in [-0.2, -0.15) is 5.10 Å². The summed E-state index contributed by atoms with van der Waals surface area (Å²) in [4.78, 5) is 37.2. The number of halogens is 1. The largest absolute Gasteiger partial charge is 0.347 e. The average molecular weight is 503 g/mol. The number of carbonyl (C=O) groups excluding carboxylic acids is 2. The number of carbonyl (C=O) groups is 2. The molecule has 1 aliphatic rings. The minimum atomic E-state index is -0.152. The Hall–Kier alpha value is -3.78. The summed E-state index contributed by atoms with van der Waals surface area (Å²) in [6.07, 6.45) is 3.78. The van der Waals surface area contributed by atoms with Gasteiger partial charge in [0, 0.05) is 55.6 Å². The first-order valence-electron chi connectivity index (χ1n) is 11.9. The summed E-state index contributed by atoms with van der Waals surface area (Å²) in [5, 5.41) is 8.01. The van der Waals surface area contributed by atoms with Crippen LogP contribution in [-0.2, 0) is 7.05 Å². The zero-order valence-electron chi connectivity index (χ0n) is 20.4. The maximum absolute atomic E-state index is 13.5. The van der Waals surface area contributed by atoms with Crippen LogP contribution in [0.4, 0.5) is 0 Å². The van der Waals surface area contributed by atoms with Crippen molar-refractivity contribution in [1.82, 2.24) is 30.0 Å². The number of nitrogens with one attached hydrogen (secondary N) is 1. The molecule has 1 N–H and O–H groups in total. The van der Waals surface area contributed by atoms with E-state index in [0.29, 0.717) is 46.8 Å². The van der Waals surface area contributed by atoms with Crippen molar-refractivity contribution in [2.45, 2.75) is 32.2 Å². The molecule has 1 aliphatic heterocycles. The Labute approximate surface area is 214 Å². The summed E-state index contributed by atoms with van der Waals surface area (Å²) in [6.45, 7) is 4.78. The van der Waals surface area contributed by atoms with Crippen LogP contribution < -0.4 is 5.32 Å². The maximum Gasteiger partial charge on any atom is 0.270 e. The molecule has 184 valence electrons. The minimum absolute atomic E-state index is 0.0711. The Morgan fingerprint density at radius 3 is 2.56 bits per heavy atom. The topological polar surface area (TPSA) is 93.0 Å². The van der Waals surface area contributed by atoms with Crippen LogP contribution in [0.3, 0.4) is 0 Å². The van der Waals surface area contributed by atoms with Gasteiger partial charge in [0.15, 0.2) is 0 Å². The van der Waals surface area contributed by atoms with E-state index in [0.717, 1.165) is 16.8 Å². The molecule has 2 atom stereocenters. The molecule has 2 amide bonds. The minimum Gasteiger partial charge on any atom is -0.347 e. The molecule has 0 spiro atoms. The molecule has 3 heterocycles. The summed E-state index contributed by atoms with van der Waals surface area (Å²) in [6, 6.07) is 13.2. The van der Waals surface area contributed by atoms with Crippen molar-refractivity contribution in [2.24, 2.45) is 7.05 Å². The number of piperidine rings is 1. The van der Waals surface area contributed by atoms with Crippen LogP contribution in [-0.4, -0.2) is 55.6 Å². The molecule has 0 radical (unpaired) electrons. The van der Waals surface area contributed by atoms with E-state index in [1.165, 1.54) is 0 Å². The van der Waals surface area contributed by atoms with Crippen LogP contribution in [0.2, 0.25) is 5.02 Å². The van der Waals surface area contributed by atoms with E-state index in [1.54, 1.807) is 36.3 Å². The summed E-state index contributed by atoms with van der Waals surface area (Å²) in [5.41, 5.74) is 4.96. The van der Waals surface area contributed by atoms with Crippen LogP contribution >= 0.6 is 11.6 Å². The lowest BCUT2D eigenvalue weighted by Crippen LogP contribution is -2.51. The summed E-state index contributed by atoms with van der Waals surface area (Å²) >= 11 is 6.41. The molecule has 0 bridgehead atoms. The van der Waals surface area contributed by atoms with Gasteiger partial charge in [-0.05, 0) is 38.0 Å². The molecule has 5 rings (SSSR count). The van der Waals surface area contributed by atoms with Gasteiger partial charge in [-0.15, -0.1) is 0 Å². The highest BCUT2D eigenvalue weighted by molar-refractivity contribution is 6.35. The fourth-order valence-corrected chi connectivity index (χ4v) is 5.27. The second-order valence-corrected chi connectivity index (χ2v) is 9.61. The van der Waals surface area contributed by atoms with Crippen molar-refractivity contribution in [3.63, 3.8) is 0 Å². The van der Waals surface area contributed by atoms with E-state index in [2.05, 4.69) is 20.4 Å². The lowest BCUT2D eigenvalue weighted by molar-refractivity contribution is 0.0671. The quantitative estimate of drug-likeness (QED) is 0.454. The molecule has 0 aliphatic carbocycles. The number of aromatic nitrogens is 4. The number of benzene rings is 2. The SMILES string of the molecule is Cc1nn(C)c(C(=O)N[C@@H]2CCN(C(=O)c3cc(Cl)c4nccnc4c3)C[C@@H]2c2ccccc2)c1C. The van der Waals surface area contributed by atoms with Crippen molar-refractivity contribution in [3.8, 4) is 0 Å². The molecule has 0 saturated carbocycles. The van der Waals surface area contributed by atoms with Crippen LogP contribution in [0.15, 0.2) is 54.9 Å². The van der Waals surface area contributed by atoms with Gasteiger partial charge in [0.05, 0.1) is 16.2 Å². The van der Waals surface area contributed by atoms with Gasteiger partial charge in [0.25, 0.3) is 11.8 Å². The third kappa shape index (κ3) is 4.44. The fourth-order valence-electron chi connectivity index (χ4n) is 5.00. The monoisotopic (exact) mass is 502 g/mol. The molecular weight excluding hydrogens is 476 g/mol. The summed E-state index contributed by atoms with van der Waals surface area (Å²) in [7, 11) is 1.78. The molecule has 36 heavy (non-hydrogen) atoms. The number of likely N-dealkylation sites (tertiary alicyclic amines) is 1. The van der Waals surface area contributed by atoms with Crippen LogP contribution in [0.5, 0.6) is 0 Å². The number of amides is 2. The van der Waals surface area contributed by atoms with Crippen molar-refractivity contribution in [2.75, 3.05) is 13.1 Å². The van der Waals surface area contributed by atoms with Crippen molar-refractivity contribution in [1.29, 1.82) is 0 Å². The number of hydrogen-bond donors (Lipinski definition) is 1. The Morgan fingerprint density at radius 1 is 1.08 bits per heavy atom. The van der Waals surface area contributed by atoms with Gasteiger partial charge >= 0.3 is 0 Å².